The van der Waals surface area contributed by atoms with Gasteiger partial charge in [-0.2, -0.15) is 0 Å². The summed E-state index contributed by atoms with van der Waals surface area (Å²) >= 11 is 0. The molecule has 28 heavy (non-hydrogen) atoms. The van der Waals surface area contributed by atoms with E-state index in [-0.39, 0.29) is 11.8 Å². The van der Waals surface area contributed by atoms with Crippen molar-refractivity contribution in [3.63, 3.8) is 0 Å². The monoisotopic (exact) mass is 385 g/mol. The highest BCUT2D eigenvalue weighted by Crippen LogP contribution is 2.37. The molecule has 0 bridgehead atoms. The normalized spacial score (nSPS) is 10.2. The lowest BCUT2D eigenvalue weighted by Crippen LogP contribution is -2.16. The number of carbonyl (C=O) groups is 2. The van der Waals surface area contributed by atoms with Crippen LogP contribution < -0.4 is 25.8 Å². The molecule has 0 aromatic heterocycles. The van der Waals surface area contributed by atoms with Crippen LogP contribution in [-0.2, 0) is 4.79 Å². The van der Waals surface area contributed by atoms with Gasteiger partial charge >= 0.3 is 0 Å². The summed E-state index contributed by atoms with van der Waals surface area (Å²) in [4.78, 5) is 24.6. The summed E-state index contributed by atoms with van der Waals surface area (Å²) in [6.07, 6.45) is 0.915. The zero-order chi connectivity index (χ0) is 20.4. The zero-order valence-corrected chi connectivity index (χ0v) is 16.3. The van der Waals surface area contributed by atoms with E-state index in [2.05, 4.69) is 10.6 Å². The second-order valence-electron chi connectivity index (χ2n) is 5.97. The Morgan fingerprint density at radius 1 is 0.929 bits per heavy atom. The van der Waals surface area contributed by atoms with E-state index in [1.807, 2.05) is 19.9 Å². The molecule has 2 aromatic rings. The lowest BCUT2D eigenvalue weighted by Gasteiger charge is -2.18. The summed E-state index contributed by atoms with van der Waals surface area (Å²) in [6.45, 7) is 4.95. The second-order valence-corrected chi connectivity index (χ2v) is 5.97. The van der Waals surface area contributed by atoms with Crippen LogP contribution in [0, 0.1) is 0 Å². The van der Waals surface area contributed by atoms with Gasteiger partial charge in [0.1, 0.15) is 11.5 Å². The lowest BCUT2D eigenvalue weighted by molar-refractivity contribution is -0.116. The average molecular weight is 385 g/mol. The third-order valence-electron chi connectivity index (χ3n) is 3.85. The van der Waals surface area contributed by atoms with E-state index < -0.39 is 0 Å². The number of amides is 2. The van der Waals surface area contributed by atoms with Crippen LogP contribution in [-0.4, -0.2) is 31.6 Å². The molecular weight excluding hydrogens is 358 g/mol. The fourth-order valence-corrected chi connectivity index (χ4v) is 2.56. The van der Waals surface area contributed by atoms with E-state index in [4.69, 9.17) is 15.2 Å². The Hall–Kier alpha value is -3.06. The Morgan fingerprint density at radius 3 is 2.04 bits per heavy atom. The van der Waals surface area contributed by atoms with E-state index in [0.29, 0.717) is 61.0 Å². The van der Waals surface area contributed by atoms with Crippen LogP contribution in [0.2, 0.25) is 0 Å². The molecule has 2 rings (SSSR count). The third kappa shape index (κ3) is 5.99. The van der Waals surface area contributed by atoms with Crippen molar-refractivity contribution < 1.29 is 19.1 Å². The third-order valence-corrected chi connectivity index (χ3v) is 3.85. The molecule has 0 atom stereocenters. The van der Waals surface area contributed by atoms with Gasteiger partial charge in [0.05, 0.1) is 24.6 Å². The molecule has 0 unspecified atom stereocenters. The highest BCUT2D eigenvalue weighted by atomic mass is 16.5. The van der Waals surface area contributed by atoms with Crippen molar-refractivity contribution in [3.8, 4) is 11.5 Å². The van der Waals surface area contributed by atoms with Crippen molar-refractivity contribution in [1.29, 1.82) is 0 Å². The SMILES string of the molecule is CCOc1cc(NC(=O)c2ccccc2)c(OCC)cc1NC(=O)CCCN. The molecule has 0 aliphatic heterocycles. The van der Waals surface area contributed by atoms with E-state index in [0.717, 1.165) is 0 Å². The molecule has 0 aliphatic rings. The summed E-state index contributed by atoms with van der Waals surface area (Å²) in [7, 11) is 0. The summed E-state index contributed by atoms with van der Waals surface area (Å²) in [5.41, 5.74) is 6.95. The molecule has 0 fully saturated rings. The van der Waals surface area contributed by atoms with Crippen LogP contribution in [0.15, 0.2) is 42.5 Å². The summed E-state index contributed by atoms with van der Waals surface area (Å²) in [5.74, 6) is 0.485. The van der Waals surface area contributed by atoms with Gasteiger partial charge in [-0.05, 0) is 38.9 Å². The highest BCUT2D eigenvalue weighted by Gasteiger charge is 2.16. The maximum absolute atomic E-state index is 12.5. The molecule has 0 saturated carbocycles. The predicted molar refractivity (Wildman–Crippen MR) is 110 cm³/mol. The van der Waals surface area contributed by atoms with Gasteiger partial charge in [-0.1, -0.05) is 18.2 Å². The minimum atomic E-state index is -0.260. The summed E-state index contributed by atoms with van der Waals surface area (Å²) < 4.78 is 11.3. The standard InChI is InChI=1S/C21H27N3O4/c1-3-27-18-14-17(24-21(26)15-9-6-5-7-10-15)19(28-4-2)13-16(18)23-20(25)11-8-12-22/h5-7,9-10,13-14H,3-4,8,11-12,22H2,1-2H3,(H,23,25)(H,24,26). The summed E-state index contributed by atoms with van der Waals surface area (Å²) in [6, 6.07) is 12.2. The Kier molecular flexibility index (Phi) is 8.30. The fourth-order valence-electron chi connectivity index (χ4n) is 2.56. The molecule has 0 radical (unpaired) electrons. The van der Waals surface area contributed by atoms with Gasteiger partial charge < -0.3 is 25.8 Å². The molecule has 2 aromatic carbocycles. The fraction of sp³-hybridized carbons (Fsp3) is 0.333. The van der Waals surface area contributed by atoms with Crippen molar-refractivity contribution in [2.24, 2.45) is 5.73 Å². The summed E-state index contributed by atoms with van der Waals surface area (Å²) in [5, 5.41) is 5.68. The molecule has 0 spiro atoms. The number of ether oxygens (including phenoxy) is 2. The Labute approximate surface area is 165 Å². The number of carbonyl (C=O) groups excluding carboxylic acids is 2. The van der Waals surface area contributed by atoms with E-state index in [1.165, 1.54) is 0 Å². The number of anilines is 2. The van der Waals surface area contributed by atoms with Crippen LogP contribution >= 0.6 is 0 Å². The van der Waals surface area contributed by atoms with Crippen molar-refractivity contribution in [1.82, 2.24) is 0 Å². The first-order valence-electron chi connectivity index (χ1n) is 9.39. The number of rotatable bonds is 10. The van der Waals surface area contributed by atoms with Gasteiger partial charge in [0.25, 0.3) is 5.91 Å². The van der Waals surface area contributed by atoms with Crippen LogP contribution in [0.3, 0.4) is 0 Å². The molecule has 7 nitrogen and oxygen atoms in total. The molecular formula is C21H27N3O4. The molecule has 0 heterocycles. The maximum Gasteiger partial charge on any atom is 0.255 e. The number of nitrogens with one attached hydrogen (secondary N) is 2. The van der Waals surface area contributed by atoms with Gasteiger partial charge in [0.2, 0.25) is 5.91 Å². The van der Waals surface area contributed by atoms with Gasteiger partial charge in [-0.15, -0.1) is 0 Å². The van der Waals surface area contributed by atoms with E-state index in [1.54, 1.807) is 36.4 Å². The van der Waals surface area contributed by atoms with Crippen molar-refractivity contribution >= 4 is 23.2 Å². The molecule has 0 saturated heterocycles. The van der Waals surface area contributed by atoms with Gasteiger partial charge in [-0.25, -0.2) is 0 Å². The van der Waals surface area contributed by atoms with Crippen LogP contribution in [0.1, 0.15) is 37.0 Å². The molecule has 2 amide bonds. The van der Waals surface area contributed by atoms with Crippen molar-refractivity contribution in [3.05, 3.63) is 48.0 Å². The van der Waals surface area contributed by atoms with Crippen LogP contribution in [0.4, 0.5) is 11.4 Å². The second kappa shape index (κ2) is 10.9. The molecule has 7 heteroatoms. The van der Waals surface area contributed by atoms with E-state index >= 15 is 0 Å². The number of nitrogens with two attached hydrogens (primary N) is 1. The van der Waals surface area contributed by atoms with Gasteiger partial charge in [0, 0.05) is 24.1 Å². The first kappa shape index (κ1) is 21.2. The largest absolute Gasteiger partial charge is 0.492 e. The maximum atomic E-state index is 12.5. The quantitative estimate of drug-likeness (QED) is 0.582. The lowest BCUT2D eigenvalue weighted by atomic mass is 10.2. The predicted octanol–water partition coefficient (Wildman–Crippen LogP) is 3.41. The number of benzene rings is 2. The first-order valence-corrected chi connectivity index (χ1v) is 9.39. The zero-order valence-electron chi connectivity index (χ0n) is 16.3. The molecule has 150 valence electrons. The van der Waals surface area contributed by atoms with Crippen molar-refractivity contribution in [2.75, 3.05) is 30.4 Å². The molecule has 0 aliphatic carbocycles. The smallest absolute Gasteiger partial charge is 0.255 e. The van der Waals surface area contributed by atoms with Gasteiger partial charge in [-0.3, -0.25) is 9.59 Å². The highest BCUT2D eigenvalue weighted by molar-refractivity contribution is 6.05. The van der Waals surface area contributed by atoms with Gasteiger partial charge in [0.15, 0.2) is 0 Å². The van der Waals surface area contributed by atoms with Crippen LogP contribution in [0.5, 0.6) is 11.5 Å². The Bertz CT molecular complexity index is 794. The Morgan fingerprint density at radius 2 is 1.50 bits per heavy atom. The van der Waals surface area contributed by atoms with Crippen molar-refractivity contribution in [2.45, 2.75) is 26.7 Å². The minimum absolute atomic E-state index is 0.157. The first-order chi connectivity index (χ1) is 13.6. The minimum Gasteiger partial charge on any atom is -0.492 e. The molecule has 4 N–H and O–H groups in total. The Balaban J connectivity index is 2.32. The topological polar surface area (TPSA) is 103 Å². The number of hydrogen-bond acceptors (Lipinski definition) is 5. The average Bonchev–Trinajstić information content (AvgIpc) is 2.70. The number of hydrogen-bond donors (Lipinski definition) is 3. The van der Waals surface area contributed by atoms with E-state index in [9.17, 15) is 9.59 Å². The van der Waals surface area contributed by atoms with Crippen LogP contribution in [0.25, 0.3) is 0 Å².